The molecule has 1 aliphatic rings. The second-order valence-corrected chi connectivity index (χ2v) is 5.83. The zero-order valence-electron chi connectivity index (χ0n) is 11.1. The Hall–Kier alpha value is -0.480. The molecule has 1 aliphatic carbocycles. The summed E-state index contributed by atoms with van der Waals surface area (Å²) in [6.45, 7) is 2.08. The Kier molecular flexibility index (Phi) is 5.34. The van der Waals surface area contributed by atoms with Crippen LogP contribution in [-0.2, 0) is 0 Å². The molecule has 3 nitrogen and oxygen atoms in total. The topological polar surface area (TPSA) is 38.5 Å². The highest BCUT2D eigenvalue weighted by atomic mass is 35.5. The number of hydrogen-bond donors (Lipinski definition) is 1. The summed E-state index contributed by atoms with van der Waals surface area (Å²) in [6, 6.07) is 5.82. The Bertz CT molecular complexity index is 404. The highest BCUT2D eigenvalue weighted by Gasteiger charge is 2.32. The molecule has 1 atom stereocenters. The number of nitrogens with two attached hydrogens (primary N) is 1. The molecule has 0 spiro atoms. The Morgan fingerprint density at radius 1 is 1.37 bits per heavy atom. The summed E-state index contributed by atoms with van der Waals surface area (Å²) in [4.78, 5) is 2.27. The smallest absolute Gasteiger partial charge is 0.156 e. The van der Waals surface area contributed by atoms with Crippen LogP contribution in [0.1, 0.15) is 12.8 Å². The first kappa shape index (κ1) is 14.9. The van der Waals surface area contributed by atoms with Gasteiger partial charge in [-0.2, -0.15) is 0 Å². The van der Waals surface area contributed by atoms with Gasteiger partial charge in [-0.1, -0.05) is 29.3 Å². The molecule has 1 aromatic carbocycles. The van der Waals surface area contributed by atoms with Crippen LogP contribution in [0.4, 0.5) is 0 Å². The van der Waals surface area contributed by atoms with E-state index in [0.717, 1.165) is 12.5 Å². The molecule has 19 heavy (non-hydrogen) atoms. The van der Waals surface area contributed by atoms with Crippen molar-refractivity contribution in [2.24, 2.45) is 11.7 Å². The van der Waals surface area contributed by atoms with Gasteiger partial charge in [-0.05, 0) is 37.9 Å². The third-order valence-electron chi connectivity index (χ3n) is 3.58. The standard InChI is InChI=1S/C14H20Cl2N2O/c1-18(13(9-17)10-5-6-10)7-8-19-14-11(15)3-2-4-12(14)16/h2-4,10,13H,5-9,17H2,1H3. The number of halogens is 2. The molecule has 0 saturated heterocycles. The molecule has 2 N–H and O–H groups in total. The van der Waals surface area contributed by atoms with Gasteiger partial charge in [0.1, 0.15) is 6.61 Å². The van der Waals surface area contributed by atoms with Gasteiger partial charge in [-0.3, -0.25) is 4.90 Å². The predicted molar refractivity (Wildman–Crippen MR) is 80.2 cm³/mol. The maximum atomic E-state index is 6.05. The largest absolute Gasteiger partial charge is 0.489 e. The van der Waals surface area contributed by atoms with Crippen molar-refractivity contribution in [3.63, 3.8) is 0 Å². The average molecular weight is 303 g/mol. The minimum absolute atomic E-state index is 0.463. The first-order valence-electron chi connectivity index (χ1n) is 6.60. The van der Waals surface area contributed by atoms with Crippen molar-refractivity contribution in [1.29, 1.82) is 0 Å². The van der Waals surface area contributed by atoms with Gasteiger partial charge >= 0.3 is 0 Å². The van der Waals surface area contributed by atoms with Crippen LogP contribution >= 0.6 is 23.2 Å². The maximum absolute atomic E-state index is 6.05. The molecule has 0 bridgehead atoms. The Morgan fingerprint density at radius 3 is 2.53 bits per heavy atom. The monoisotopic (exact) mass is 302 g/mol. The molecular weight excluding hydrogens is 283 g/mol. The van der Waals surface area contributed by atoms with Gasteiger partial charge in [0.15, 0.2) is 5.75 Å². The average Bonchev–Trinajstić information content (AvgIpc) is 3.18. The van der Waals surface area contributed by atoms with Gasteiger partial charge in [-0.15, -0.1) is 0 Å². The quantitative estimate of drug-likeness (QED) is 0.841. The van der Waals surface area contributed by atoms with E-state index in [4.69, 9.17) is 33.7 Å². The van der Waals surface area contributed by atoms with Crippen LogP contribution in [0.25, 0.3) is 0 Å². The fourth-order valence-corrected chi connectivity index (χ4v) is 2.80. The number of ether oxygens (including phenoxy) is 1. The molecule has 2 rings (SSSR count). The van der Waals surface area contributed by atoms with E-state index in [0.29, 0.717) is 35.0 Å². The number of likely N-dealkylation sites (N-methyl/N-ethyl adjacent to an activating group) is 1. The second-order valence-electron chi connectivity index (χ2n) is 5.02. The van der Waals surface area contributed by atoms with Crippen LogP contribution < -0.4 is 10.5 Å². The molecule has 106 valence electrons. The molecule has 0 amide bonds. The van der Waals surface area contributed by atoms with Gasteiger partial charge in [-0.25, -0.2) is 0 Å². The van der Waals surface area contributed by atoms with Crippen LogP contribution in [0.15, 0.2) is 18.2 Å². The van der Waals surface area contributed by atoms with Crippen LogP contribution in [0, 0.1) is 5.92 Å². The SMILES string of the molecule is CN(CCOc1c(Cl)cccc1Cl)C(CN)C1CC1. The minimum Gasteiger partial charge on any atom is -0.489 e. The van der Waals surface area contributed by atoms with Gasteiger partial charge in [0.05, 0.1) is 10.0 Å². The van der Waals surface area contributed by atoms with Gasteiger partial charge < -0.3 is 10.5 Å². The fourth-order valence-electron chi connectivity index (χ4n) is 2.29. The van der Waals surface area contributed by atoms with Gasteiger partial charge in [0.2, 0.25) is 0 Å². The number of nitrogens with zero attached hydrogens (tertiary/aromatic N) is 1. The first-order chi connectivity index (χ1) is 9.13. The van der Waals surface area contributed by atoms with E-state index in [2.05, 4.69) is 11.9 Å². The lowest BCUT2D eigenvalue weighted by Crippen LogP contribution is -2.41. The maximum Gasteiger partial charge on any atom is 0.156 e. The number of para-hydroxylation sites is 1. The molecule has 1 fully saturated rings. The summed E-state index contributed by atoms with van der Waals surface area (Å²) >= 11 is 12.1. The van der Waals surface area contributed by atoms with E-state index >= 15 is 0 Å². The van der Waals surface area contributed by atoms with E-state index in [1.165, 1.54) is 12.8 Å². The molecule has 1 aromatic rings. The Morgan fingerprint density at radius 2 is 2.00 bits per heavy atom. The van der Waals surface area contributed by atoms with Crippen molar-refractivity contribution in [3.8, 4) is 5.75 Å². The van der Waals surface area contributed by atoms with Crippen molar-refractivity contribution < 1.29 is 4.74 Å². The van der Waals surface area contributed by atoms with E-state index in [-0.39, 0.29) is 0 Å². The zero-order chi connectivity index (χ0) is 13.8. The highest BCUT2D eigenvalue weighted by Crippen LogP contribution is 2.35. The zero-order valence-corrected chi connectivity index (χ0v) is 12.6. The van der Waals surface area contributed by atoms with Gasteiger partial charge in [0, 0.05) is 19.1 Å². The van der Waals surface area contributed by atoms with Crippen molar-refractivity contribution in [1.82, 2.24) is 4.90 Å². The normalized spacial score (nSPS) is 16.7. The van der Waals surface area contributed by atoms with Crippen LogP contribution in [-0.4, -0.2) is 37.7 Å². The third-order valence-corrected chi connectivity index (χ3v) is 4.18. The summed E-state index contributed by atoms with van der Waals surface area (Å²) in [5, 5.41) is 1.10. The van der Waals surface area contributed by atoms with Crippen LogP contribution in [0.3, 0.4) is 0 Å². The summed E-state index contributed by atoms with van der Waals surface area (Å²) in [5.41, 5.74) is 5.82. The summed E-state index contributed by atoms with van der Waals surface area (Å²) in [7, 11) is 2.09. The second kappa shape index (κ2) is 6.80. The Labute approximate surface area is 124 Å². The third kappa shape index (κ3) is 3.99. The molecule has 0 aromatic heterocycles. The van der Waals surface area contributed by atoms with E-state index in [1.54, 1.807) is 18.2 Å². The summed E-state index contributed by atoms with van der Waals surface area (Å²) in [5.74, 6) is 1.33. The number of rotatable bonds is 7. The summed E-state index contributed by atoms with van der Waals surface area (Å²) in [6.07, 6.45) is 2.59. The van der Waals surface area contributed by atoms with Crippen molar-refractivity contribution in [3.05, 3.63) is 28.2 Å². The molecule has 5 heteroatoms. The minimum atomic E-state index is 0.463. The lowest BCUT2D eigenvalue weighted by atomic mass is 10.1. The van der Waals surface area contributed by atoms with E-state index in [9.17, 15) is 0 Å². The van der Waals surface area contributed by atoms with Crippen molar-refractivity contribution in [2.75, 3.05) is 26.7 Å². The van der Waals surface area contributed by atoms with E-state index in [1.807, 2.05) is 0 Å². The lowest BCUT2D eigenvalue weighted by molar-refractivity contribution is 0.180. The Balaban J connectivity index is 1.82. The van der Waals surface area contributed by atoms with Crippen LogP contribution in [0.2, 0.25) is 10.0 Å². The molecule has 1 saturated carbocycles. The van der Waals surface area contributed by atoms with Crippen LogP contribution in [0.5, 0.6) is 5.75 Å². The van der Waals surface area contributed by atoms with Gasteiger partial charge in [0.25, 0.3) is 0 Å². The van der Waals surface area contributed by atoms with Crippen molar-refractivity contribution in [2.45, 2.75) is 18.9 Å². The molecule has 0 heterocycles. The number of benzene rings is 1. The molecular formula is C14H20Cl2N2O. The lowest BCUT2D eigenvalue weighted by Gasteiger charge is -2.26. The number of hydrogen-bond acceptors (Lipinski definition) is 3. The molecule has 0 radical (unpaired) electrons. The molecule has 1 unspecified atom stereocenters. The van der Waals surface area contributed by atoms with Crippen molar-refractivity contribution >= 4 is 23.2 Å². The van der Waals surface area contributed by atoms with E-state index < -0.39 is 0 Å². The first-order valence-corrected chi connectivity index (χ1v) is 7.36. The highest BCUT2D eigenvalue weighted by molar-refractivity contribution is 6.37. The fraction of sp³-hybridized carbons (Fsp3) is 0.571. The predicted octanol–water partition coefficient (Wildman–Crippen LogP) is 3.04. The summed E-state index contributed by atoms with van der Waals surface area (Å²) < 4.78 is 5.69. The molecule has 0 aliphatic heterocycles.